The van der Waals surface area contributed by atoms with E-state index in [0.717, 1.165) is 12.4 Å². The van der Waals surface area contributed by atoms with Crippen molar-refractivity contribution in [1.29, 1.82) is 0 Å². The van der Waals surface area contributed by atoms with Crippen molar-refractivity contribution in [2.45, 2.75) is 19.5 Å². The number of imidazole rings is 1. The second-order valence-corrected chi connectivity index (χ2v) is 3.63. The van der Waals surface area contributed by atoms with Crippen LogP contribution in [0.1, 0.15) is 6.92 Å². The molecule has 0 saturated carbocycles. The van der Waals surface area contributed by atoms with E-state index in [1.807, 2.05) is 10.8 Å². The number of rotatable bonds is 4. The summed E-state index contributed by atoms with van der Waals surface area (Å²) in [4.78, 5) is 12.1. The fourth-order valence-electron chi connectivity index (χ4n) is 1.42. The van der Waals surface area contributed by atoms with Crippen molar-refractivity contribution in [2.24, 2.45) is 0 Å². The molecule has 0 aliphatic heterocycles. The van der Waals surface area contributed by atoms with E-state index in [2.05, 4.69) is 27.2 Å². The van der Waals surface area contributed by atoms with E-state index in [1.165, 1.54) is 6.20 Å². The molecule has 16 heavy (non-hydrogen) atoms. The van der Waals surface area contributed by atoms with Crippen LogP contribution in [0, 0.1) is 0 Å². The van der Waals surface area contributed by atoms with Gasteiger partial charge in [0, 0.05) is 25.0 Å². The van der Waals surface area contributed by atoms with Crippen LogP contribution >= 0.6 is 0 Å². The maximum absolute atomic E-state index is 5.45. The van der Waals surface area contributed by atoms with Crippen molar-refractivity contribution in [1.82, 2.24) is 19.5 Å². The fraction of sp³-hybridized carbons (Fsp3) is 0.300. The van der Waals surface area contributed by atoms with Gasteiger partial charge in [0.2, 0.25) is 0 Å². The summed E-state index contributed by atoms with van der Waals surface area (Å²) in [5.74, 6) is 1.15. The molecule has 1 unspecified atom stereocenters. The van der Waals surface area contributed by atoms with E-state index in [0.29, 0.717) is 5.82 Å². The molecule has 2 aromatic rings. The Kier molecular flexibility index (Phi) is 3.00. The van der Waals surface area contributed by atoms with Crippen molar-refractivity contribution in [3.63, 3.8) is 0 Å². The molecule has 0 aromatic carbocycles. The Balaban J connectivity index is 1.92. The number of hydrogen-bond donors (Lipinski definition) is 2. The summed E-state index contributed by atoms with van der Waals surface area (Å²) in [6.07, 6.45) is 8.63. The summed E-state index contributed by atoms with van der Waals surface area (Å²) < 4.78 is 2.00. The molecule has 0 saturated heterocycles. The van der Waals surface area contributed by atoms with Crippen LogP contribution in [0.15, 0.2) is 31.1 Å². The van der Waals surface area contributed by atoms with Crippen LogP contribution in [0.4, 0.5) is 11.6 Å². The Bertz CT molecular complexity index is 421. The zero-order chi connectivity index (χ0) is 11.4. The zero-order valence-electron chi connectivity index (χ0n) is 9.04. The average molecular weight is 218 g/mol. The predicted octanol–water partition coefficient (Wildman–Crippen LogP) is 0.756. The molecule has 6 nitrogen and oxygen atoms in total. The molecule has 84 valence electrons. The molecule has 0 spiro atoms. The van der Waals surface area contributed by atoms with Gasteiger partial charge >= 0.3 is 0 Å². The molecule has 2 heterocycles. The second-order valence-electron chi connectivity index (χ2n) is 3.63. The van der Waals surface area contributed by atoms with Crippen LogP contribution in [0.2, 0.25) is 0 Å². The minimum atomic E-state index is 0.243. The molecule has 1 atom stereocenters. The summed E-state index contributed by atoms with van der Waals surface area (Å²) in [6.45, 7) is 2.89. The van der Waals surface area contributed by atoms with Gasteiger partial charge in [-0.05, 0) is 6.92 Å². The van der Waals surface area contributed by atoms with Crippen molar-refractivity contribution >= 4 is 11.6 Å². The Morgan fingerprint density at radius 1 is 1.44 bits per heavy atom. The lowest BCUT2D eigenvalue weighted by atomic mass is 10.3. The Morgan fingerprint density at radius 2 is 2.31 bits per heavy atom. The number of anilines is 2. The molecule has 0 radical (unpaired) electrons. The Hall–Kier alpha value is -2.11. The maximum atomic E-state index is 5.45. The monoisotopic (exact) mass is 218 g/mol. The molecule has 6 heteroatoms. The van der Waals surface area contributed by atoms with Crippen LogP contribution in [-0.2, 0) is 6.54 Å². The Labute approximate surface area is 93.6 Å². The molecule has 0 bridgehead atoms. The smallest absolute Gasteiger partial charge is 0.144 e. The minimum absolute atomic E-state index is 0.243. The Morgan fingerprint density at radius 3 is 2.94 bits per heavy atom. The summed E-state index contributed by atoms with van der Waals surface area (Å²) in [6, 6.07) is 0.243. The highest BCUT2D eigenvalue weighted by atomic mass is 15.1. The lowest BCUT2D eigenvalue weighted by Crippen LogP contribution is -2.22. The van der Waals surface area contributed by atoms with Crippen LogP contribution in [-0.4, -0.2) is 25.6 Å². The van der Waals surface area contributed by atoms with Gasteiger partial charge in [-0.3, -0.25) is 0 Å². The number of hydrogen-bond acceptors (Lipinski definition) is 5. The van der Waals surface area contributed by atoms with E-state index in [4.69, 9.17) is 5.73 Å². The van der Waals surface area contributed by atoms with E-state index in [9.17, 15) is 0 Å². The lowest BCUT2D eigenvalue weighted by Gasteiger charge is -2.14. The second kappa shape index (κ2) is 4.61. The summed E-state index contributed by atoms with van der Waals surface area (Å²) in [5.41, 5.74) is 5.45. The zero-order valence-corrected chi connectivity index (χ0v) is 9.04. The molecule has 2 aromatic heterocycles. The van der Waals surface area contributed by atoms with Crippen LogP contribution in [0.25, 0.3) is 0 Å². The molecular formula is C10H14N6. The maximum Gasteiger partial charge on any atom is 0.144 e. The molecule has 2 rings (SSSR count). The molecule has 0 amide bonds. The van der Waals surface area contributed by atoms with Crippen LogP contribution in [0.5, 0.6) is 0 Å². The largest absolute Gasteiger partial charge is 0.382 e. The third-order valence-corrected chi connectivity index (χ3v) is 2.11. The third-order valence-electron chi connectivity index (χ3n) is 2.11. The first-order valence-corrected chi connectivity index (χ1v) is 5.04. The summed E-state index contributed by atoms with van der Waals surface area (Å²) >= 11 is 0. The van der Waals surface area contributed by atoms with Crippen molar-refractivity contribution in [3.8, 4) is 0 Å². The van der Waals surface area contributed by atoms with Gasteiger partial charge < -0.3 is 15.6 Å². The first kappa shape index (κ1) is 10.4. The number of nitrogens with zero attached hydrogens (tertiary/aromatic N) is 4. The highest BCUT2D eigenvalue weighted by molar-refractivity contribution is 5.36. The van der Waals surface area contributed by atoms with Crippen LogP contribution < -0.4 is 11.1 Å². The highest BCUT2D eigenvalue weighted by Crippen LogP contribution is 2.04. The van der Waals surface area contributed by atoms with Gasteiger partial charge in [-0.2, -0.15) is 0 Å². The molecule has 3 N–H and O–H groups in total. The summed E-state index contributed by atoms with van der Waals surface area (Å²) in [5, 5.41) is 3.23. The number of nitrogens with two attached hydrogens (primary N) is 1. The SMILES string of the molecule is CC(Cn1ccnc1)Nc1cnc(N)cn1. The van der Waals surface area contributed by atoms with Crippen molar-refractivity contribution in [2.75, 3.05) is 11.1 Å². The van der Waals surface area contributed by atoms with Gasteiger partial charge in [0.15, 0.2) is 0 Å². The highest BCUT2D eigenvalue weighted by Gasteiger charge is 2.03. The predicted molar refractivity (Wildman–Crippen MR) is 61.8 cm³/mol. The van der Waals surface area contributed by atoms with Gasteiger partial charge in [0.05, 0.1) is 18.7 Å². The topological polar surface area (TPSA) is 81.7 Å². The van der Waals surface area contributed by atoms with Crippen molar-refractivity contribution in [3.05, 3.63) is 31.1 Å². The van der Waals surface area contributed by atoms with Gasteiger partial charge in [-0.25, -0.2) is 15.0 Å². The standard InChI is InChI=1S/C10H14N6/c1-8(6-16-3-2-12-7-16)15-10-5-13-9(11)4-14-10/h2-5,7-8H,6H2,1H3,(H2,11,13)(H,14,15). The first-order chi connectivity index (χ1) is 7.74. The molecule has 0 aliphatic carbocycles. The van der Waals surface area contributed by atoms with Gasteiger partial charge in [-0.15, -0.1) is 0 Å². The lowest BCUT2D eigenvalue weighted by molar-refractivity contribution is 0.617. The first-order valence-electron chi connectivity index (χ1n) is 5.04. The fourth-order valence-corrected chi connectivity index (χ4v) is 1.42. The third kappa shape index (κ3) is 2.69. The van der Waals surface area contributed by atoms with E-state index in [-0.39, 0.29) is 6.04 Å². The van der Waals surface area contributed by atoms with Crippen LogP contribution in [0.3, 0.4) is 0 Å². The van der Waals surface area contributed by atoms with E-state index < -0.39 is 0 Å². The van der Waals surface area contributed by atoms with E-state index in [1.54, 1.807) is 18.7 Å². The average Bonchev–Trinajstić information content (AvgIpc) is 2.74. The molecule has 0 fully saturated rings. The number of nitrogens with one attached hydrogen (secondary N) is 1. The molecular weight excluding hydrogens is 204 g/mol. The number of aromatic nitrogens is 4. The normalized spacial score (nSPS) is 12.3. The quantitative estimate of drug-likeness (QED) is 0.791. The van der Waals surface area contributed by atoms with Gasteiger partial charge in [0.25, 0.3) is 0 Å². The minimum Gasteiger partial charge on any atom is -0.382 e. The number of nitrogen functional groups attached to an aromatic ring is 1. The van der Waals surface area contributed by atoms with Crippen molar-refractivity contribution < 1.29 is 0 Å². The van der Waals surface area contributed by atoms with Gasteiger partial charge in [0.1, 0.15) is 11.6 Å². The summed E-state index contributed by atoms with van der Waals surface area (Å²) in [7, 11) is 0. The molecule has 0 aliphatic rings. The van der Waals surface area contributed by atoms with Gasteiger partial charge in [-0.1, -0.05) is 0 Å². The van der Waals surface area contributed by atoms with E-state index >= 15 is 0 Å².